The first-order valence-electron chi connectivity index (χ1n) is 5.40. The summed E-state index contributed by atoms with van der Waals surface area (Å²) < 4.78 is 61.4. The molecule has 1 fully saturated rings. The highest BCUT2D eigenvalue weighted by molar-refractivity contribution is 4.83. The topological polar surface area (TPSA) is 26.0 Å². The molecule has 0 heterocycles. The standard InChI is InChI=1S/C10H16F5N/c11-9(12)4-1-7(2-5-9)8(16)3-6-10(13,14)15/h7-8H,1-6,16H2. The fourth-order valence-corrected chi connectivity index (χ4v) is 2.06. The molecule has 1 aliphatic rings. The van der Waals surface area contributed by atoms with Crippen molar-refractivity contribution in [3.8, 4) is 0 Å². The largest absolute Gasteiger partial charge is 0.389 e. The zero-order valence-electron chi connectivity index (χ0n) is 8.86. The van der Waals surface area contributed by atoms with Crippen molar-refractivity contribution in [3.63, 3.8) is 0 Å². The molecule has 1 unspecified atom stereocenters. The van der Waals surface area contributed by atoms with Crippen LogP contribution in [0.4, 0.5) is 22.0 Å². The Morgan fingerprint density at radius 3 is 2.12 bits per heavy atom. The lowest BCUT2D eigenvalue weighted by Gasteiger charge is -2.32. The van der Waals surface area contributed by atoms with Crippen LogP contribution in [0.2, 0.25) is 0 Å². The summed E-state index contributed by atoms with van der Waals surface area (Å²) in [6.07, 6.45) is -5.36. The summed E-state index contributed by atoms with van der Waals surface area (Å²) in [5.74, 6) is -2.85. The van der Waals surface area contributed by atoms with Crippen LogP contribution < -0.4 is 5.73 Å². The lowest BCUT2D eigenvalue weighted by Crippen LogP contribution is -2.36. The molecule has 0 aromatic rings. The van der Waals surface area contributed by atoms with E-state index in [0.717, 1.165) is 0 Å². The number of rotatable bonds is 3. The van der Waals surface area contributed by atoms with Gasteiger partial charge in [0.05, 0.1) is 0 Å². The molecule has 0 saturated heterocycles. The van der Waals surface area contributed by atoms with E-state index in [2.05, 4.69) is 0 Å². The fraction of sp³-hybridized carbons (Fsp3) is 1.00. The zero-order valence-corrected chi connectivity index (χ0v) is 8.86. The summed E-state index contributed by atoms with van der Waals surface area (Å²) in [6.45, 7) is 0. The van der Waals surface area contributed by atoms with Gasteiger partial charge in [0.2, 0.25) is 5.92 Å². The Labute approximate surface area is 91.2 Å². The van der Waals surface area contributed by atoms with Crippen molar-refractivity contribution in [3.05, 3.63) is 0 Å². The molecule has 2 N–H and O–H groups in total. The maximum absolute atomic E-state index is 12.8. The molecule has 16 heavy (non-hydrogen) atoms. The molecule has 96 valence electrons. The quantitative estimate of drug-likeness (QED) is 0.757. The van der Waals surface area contributed by atoms with Crippen LogP contribution >= 0.6 is 0 Å². The van der Waals surface area contributed by atoms with E-state index in [1.54, 1.807) is 0 Å². The summed E-state index contributed by atoms with van der Waals surface area (Å²) >= 11 is 0. The number of halogens is 5. The van der Waals surface area contributed by atoms with Crippen molar-refractivity contribution in [2.24, 2.45) is 11.7 Å². The van der Waals surface area contributed by atoms with Crippen LogP contribution in [-0.4, -0.2) is 18.1 Å². The summed E-state index contributed by atoms with van der Waals surface area (Å²) in [4.78, 5) is 0. The summed E-state index contributed by atoms with van der Waals surface area (Å²) in [5, 5.41) is 0. The highest BCUT2D eigenvalue weighted by atomic mass is 19.4. The van der Waals surface area contributed by atoms with Crippen LogP contribution in [0.15, 0.2) is 0 Å². The van der Waals surface area contributed by atoms with E-state index in [-0.39, 0.29) is 38.0 Å². The van der Waals surface area contributed by atoms with Gasteiger partial charge in [0.25, 0.3) is 0 Å². The second-order valence-electron chi connectivity index (χ2n) is 4.51. The predicted octanol–water partition coefficient (Wildman–Crippen LogP) is 3.48. The SMILES string of the molecule is NC(CCC(F)(F)F)C1CCC(F)(F)CC1. The second-order valence-corrected chi connectivity index (χ2v) is 4.51. The zero-order chi connectivity index (χ0) is 12.4. The van der Waals surface area contributed by atoms with Gasteiger partial charge in [-0.25, -0.2) is 8.78 Å². The minimum absolute atomic E-state index is 0.167. The van der Waals surface area contributed by atoms with E-state index < -0.39 is 24.6 Å². The predicted molar refractivity (Wildman–Crippen MR) is 50.2 cm³/mol. The molecule has 0 spiro atoms. The highest BCUT2D eigenvalue weighted by Gasteiger charge is 2.37. The molecule has 1 atom stereocenters. The molecule has 1 nitrogen and oxygen atoms in total. The number of alkyl halides is 5. The van der Waals surface area contributed by atoms with Gasteiger partial charge in [0, 0.05) is 25.3 Å². The third-order valence-corrected chi connectivity index (χ3v) is 3.13. The van der Waals surface area contributed by atoms with Crippen LogP contribution in [0.1, 0.15) is 38.5 Å². The number of nitrogens with two attached hydrogens (primary N) is 1. The molecule has 0 radical (unpaired) electrons. The first-order valence-corrected chi connectivity index (χ1v) is 5.40. The van der Waals surface area contributed by atoms with Gasteiger partial charge in [-0.3, -0.25) is 0 Å². The molecule has 0 amide bonds. The minimum Gasteiger partial charge on any atom is -0.327 e. The Morgan fingerprint density at radius 1 is 1.19 bits per heavy atom. The van der Waals surface area contributed by atoms with Gasteiger partial charge in [0.15, 0.2) is 0 Å². The molecule has 1 saturated carbocycles. The fourth-order valence-electron chi connectivity index (χ4n) is 2.06. The van der Waals surface area contributed by atoms with E-state index >= 15 is 0 Å². The first-order chi connectivity index (χ1) is 7.20. The molecule has 6 heteroatoms. The Bertz CT molecular complexity index is 216. The van der Waals surface area contributed by atoms with Gasteiger partial charge in [-0.05, 0) is 25.2 Å². The Kier molecular flexibility index (Phi) is 4.15. The van der Waals surface area contributed by atoms with Gasteiger partial charge in [0.1, 0.15) is 0 Å². The van der Waals surface area contributed by atoms with Crippen LogP contribution in [-0.2, 0) is 0 Å². The van der Waals surface area contributed by atoms with E-state index in [0.29, 0.717) is 0 Å². The monoisotopic (exact) mass is 245 g/mol. The first kappa shape index (κ1) is 13.7. The lowest BCUT2D eigenvalue weighted by atomic mass is 9.81. The van der Waals surface area contributed by atoms with Crippen molar-refractivity contribution < 1.29 is 22.0 Å². The maximum atomic E-state index is 12.8. The van der Waals surface area contributed by atoms with Gasteiger partial charge in [-0.1, -0.05) is 0 Å². The summed E-state index contributed by atoms with van der Waals surface area (Å²) in [7, 11) is 0. The van der Waals surface area contributed by atoms with Crippen LogP contribution in [0.25, 0.3) is 0 Å². The van der Waals surface area contributed by atoms with Crippen molar-refractivity contribution in [1.29, 1.82) is 0 Å². The Balaban J connectivity index is 2.31. The van der Waals surface area contributed by atoms with E-state index in [9.17, 15) is 22.0 Å². The minimum atomic E-state index is -4.21. The molecule has 0 aromatic heterocycles. The van der Waals surface area contributed by atoms with Crippen molar-refractivity contribution >= 4 is 0 Å². The molecule has 0 aliphatic heterocycles. The molecule has 0 bridgehead atoms. The molecular weight excluding hydrogens is 229 g/mol. The van der Waals surface area contributed by atoms with Gasteiger partial charge >= 0.3 is 6.18 Å². The molecular formula is C10H16F5N. The van der Waals surface area contributed by atoms with E-state index in [4.69, 9.17) is 5.73 Å². The number of hydrogen-bond donors (Lipinski definition) is 1. The summed E-state index contributed by atoms with van der Waals surface area (Å²) in [5.41, 5.74) is 5.60. The van der Waals surface area contributed by atoms with E-state index in [1.807, 2.05) is 0 Å². The van der Waals surface area contributed by atoms with E-state index in [1.165, 1.54) is 0 Å². The van der Waals surface area contributed by atoms with Crippen molar-refractivity contribution in [1.82, 2.24) is 0 Å². The molecule has 1 rings (SSSR count). The normalized spacial score (nSPS) is 24.4. The van der Waals surface area contributed by atoms with Crippen molar-refractivity contribution in [2.75, 3.05) is 0 Å². The van der Waals surface area contributed by atoms with Gasteiger partial charge in [-0.2, -0.15) is 13.2 Å². The van der Waals surface area contributed by atoms with Crippen molar-refractivity contribution in [2.45, 2.75) is 56.7 Å². The van der Waals surface area contributed by atoms with Crippen LogP contribution in [0.3, 0.4) is 0 Å². The average molecular weight is 245 g/mol. The number of hydrogen-bond acceptors (Lipinski definition) is 1. The second kappa shape index (κ2) is 4.85. The van der Waals surface area contributed by atoms with Crippen LogP contribution in [0, 0.1) is 5.92 Å². The smallest absolute Gasteiger partial charge is 0.327 e. The summed E-state index contributed by atoms with van der Waals surface area (Å²) in [6, 6.07) is -0.613. The molecule has 1 aliphatic carbocycles. The lowest BCUT2D eigenvalue weighted by molar-refractivity contribution is -0.137. The maximum Gasteiger partial charge on any atom is 0.389 e. The Hall–Kier alpha value is -0.390. The highest BCUT2D eigenvalue weighted by Crippen LogP contribution is 2.38. The molecule has 0 aromatic carbocycles. The van der Waals surface area contributed by atoms with Gasteiger partial charge < -0.3 is 5.73 Å². The van der Waals surface area contributed by atoms with Gasteiger partial charge in [-0.15, -0.1) is 0 Å². The average Bonchev–Trinajstić information content (AvgIpc) is 2.13. The third-order valence-electron chi connectivity index (χ3n) is 3.13. The van der Waals surface area contributed by atoms with Crippen LogP contribution in [0.5, 0.6) is 0 Å². The third kappa shape index (κ3) is 4.63. The Morgan fingerprint density at radius 2 is 1.69 bits per heavy atom.